The van der Waals surface area contributed by atoms with E-state index in [1.807, 2.05) is 24.3 Å². The molecule has 0 fully saturated rings. The van der Waals surface area contributed by atoms with E-state index in [1.54, 1.807) is 21.0 Å². The van der Waals surface area contributed by atoms with Crippen LogP contribution in [0.15, 0.2) is 30.3 Å². The van der Waals surface area contributed by atoms with Crippen LogP contribution in [-0.4, -0.2) is 37.5 Å². The fourth-order valence-electron chi connectivity index (χ4n) is 2.34. The Morgan fingerprint density at radius 2 is 1.59 bits per heavy atom. The zero-order valence-corrected chi connectivity index (χ0v) is 16.6. The van der Waals surface area contributed by atoms with Crippen molar-refractivity contribution in [3.8, 4) is 5.75 Å². The van der Waals surface area contributed by atoms with Gasteiger partial charge in [0.05, 0.1) is 31.7 Å². The number of nitrogen functional groups attached to an aromatic ring is 1. The lowest BCUT2D eigenvalue weighted by atomic mass is 10.2. The first-order valence-electron chi connectivity index (χ1n) is 9.01. The first kappa shape index (κ1) is 21.6. The predicted octanol–water partition coefficient (Wildman–Crippen LogP) is 3.42. The number of nitrogens with zero attached hydrogens (tertiary/aromatic N) is 1. The molecule has 156 valence electrons. The van der Waals surface area contributed by atoms with Crippen LogP contribution in [0.2, 0.25) is 0 Å². The highest BCUT2D eigenvalue weighted by molar-refractivity contribution is 5.94. The number of anilines is 4. The predicted molar refractivity (Wildman–Crippen MR) is 110 cm³/mol. The smallest absolute Gasteiger partial charge is 0.411 e. The Balaban J connectivity index is 2.23. The first-order chi connectivity index (χ1) is 14.0. The van der Waals surface area contributed by atoms with Crippen molar-refractivity contribution in [3.63, 3.8) is 0 Å². The van der Waals surface area contributed by atoms with Gasteiger partial charge in [-0.2, -0.15) is 0 Å². The van der Waals surface area contributed by atoms with Crippen LogP contribution >= 0.6 is 0 Å². The van der Waals surface area contributed by atoms with E-state index in [4.69, 9.17) is 19.9 Å². The van der Waals surface area contributed by atoms with Gasteiger partial charge in [0, 0.05) is 6.54 Å². The molecule has 29 heavy (non-hydrogen) atoms. The number of hydrogen-bond donors (Lipinski definition) is 4. The van der Waals surface area contributed by atoms with Gasteiger partial charge in [-0.15, -0.1) is 0 Å². The van der Waals surface area contributed by atoms with Crippen molar-refractivity contribution >= 4 is 35.2 Å². The Bertz CT molecular complexity index is 842. The van der Waals surface area contributed by atoms with E-state index < -0.39 is 12.2 Å². The van der Waals surface area contributed by atoms with E-state index in [2.05, 4.69) is 20.9 Å². The number of carbonyl (C=O) groups excluding carboxylic acids is 2. The molecule has 0 saturated heterocycles. The fraction of sp³-hybridized carbons (Fsp3) is 0.316. The fourth-order valence-corrected chi connectivity index (χ4v) is 2.34. The minimum atomic E-state index is -0.679. The summed E-state index contributed by atoms with van der Waals surface area (Å²) in [7, 11) is 1.60. The summed E-state index contributed by atoms with van der Waals surface area (Å²) in [5.74, 6) is 1.13. The lowest BCUT2D eigenvalue weighted by molar-refractivity contribution is 0.167. The summed E-state index contributed by atoms with van der Waals surface area (Å²) in [4.78, 5) is 27.8. The number of hydrogen-bond acceptors (Lipinski definition) is 8. The van der Waals surface area contributed by atoms with Gasteiger partial charge in [0.2, 0.25) is 0 Å². The van der Waals surface area contributed by atoms with Crippen molar-refractivity contribution in [2.75, 3.05) is 42.0 Å². The van der Waals surface area contributed by atoms with Gasteiger partial charge in [0.25, 0.3) is 0 Å². The standard InChI is InChI=1S/C19H25N5O5/c1-4-28-18(25)22-14-10-15(23-19(26)29-5-2)17(24-16(14)20)21-11-12-6-8-13(27-3)9-7-12/h6-10H,4-5,11H2,1-3H3,(H,22,25)(H,23,26)(H3,20,21,24). The van der Waals surface area contributed by atoms with Crippen LogP contribution in [0.3, 0.4) is 0 Å². The van der Waals surface area contributed by atoms with E-state index in [1.165, 1.54) is 6.07 Å². The summed E-state index contributed by atoms with van der Waals surface area (Å²) in [6.45, 7) is 4.20. The molecule has 10 heteroatoms. The molecular formula is C19H25N5O5. The van der Waals surface area contributed by atoms with Gasteiger partial charge < -0.3 is 25.3 Å². The van der Waals surface area contributed by atoms with Gasteiger partial charge in [-0.3, -0.25) is 10.6 Å². The van der Waals surface area contributed by atoms with Crippen LogP contribution in [0.1, 0.15) is 19.4 Å². The van der Waals surface area contributed by atoms with Gasteiger partial charge in [-0.05, 0) is 37.6 Å². The molecule has 1 heterocycles. The molecule has 2 rings (SSSR count). The van der Waals surface area contributed by atoms with Gasteiger partial charge in [0.1, 0.15) is 11.6 Å². The molecule has 0 saturated carbocycles. The van der Waals surface area contributed by atoms with Crippen LogP contribution < -0.4 is 26.4 Å². The second-order valence-electron chi connectivity index (χ2n) is 5.71. The highest BCUT2D eigenvalue weighted by Gasteiger charge is 2.15. The Morgan fingerprint density at radius 3 is 2.14 bits per heavy atom. The lowest BCUT2D eigenvalue weighted by Crippen LogP contribution is -2.18. The Hall–Kier alpha value is -3.69. The maximum Gasteiger partial charge on any atom is 0.411 e. The third-order valence-electron chi connectivity index (χ3n) is 3.70. The van der Waals surface area contributed by atoms with E-state index >= 15 is 0 Å². The van der Waals surface area contributed by atoms with E-state index in [0.29, 0.717) is 12.4 Å². The summed E-state index contributed by atoms with van der Waals surface area (Å²) in [5, 5.41) is 8.19. The highest BCUT2D eigenvalue weighted by atomic mass is 16.6. The van der Waals surface area contributed by atoms with E-state index in [0.717, 1.165) is 11.3 Å². The van der Waals surface area contributed by atoms with Gasteiger partial charge in [0.15, 0.2) is 5.82 Å². The van der Waals surface area contributed by atoms with E-state index in [-0.39, 0.29) is 30.4 Å². The number of nitrogens with two attached hydrogens (primary N) is 1. The molecule has 2 aromatic rings. The van der Waals surface area contributed by atoms with Crippen LogP contribution in [0.4, 0.5) is 32.6 Å². The Labute approximate surface area is 168 Å². The molecule has 0 atom stereocenters. The molecule has 5 N–H and O–H groups in total. The molecule has 1 aromatic carbocycles. The summed E-state index contributed by atoms with van der Waals surface area (Å²) >= 11 is 0. The van der Waals surface area contributed by atoms with Crippen molar-refractivity contribution in [3.05, 3.63) is 35.9 Å². The molecule has 1 aromatic heterocycles. The van der Waals surface area contributed by atoms with Gasteiger partial charge in [-0.1, -0.05) is 12.1 Å². The normalized spacial score (nSPS) is 10.0. The topological polar surface area (TPSA) is 137 Å². The number of rotatable bonds is 8. The Morgan fingerprint density at radius 1 is 1.00 bits per heavy atom. The number of nitrogens with one attached hydrogen (secondary N) is 3. The molecular weight excluding hydrogens is 378 g/mol. The highest BCUT2D eigenvalue weighted by Crippen LogP contribution is 2.29. The minimum absolute atomic E-state index is 0.0599. The summed E-state index contributed by atoms with van der Waals surface area (Å²) in [6.07, 6.45) is -1.34. The molecule has 0 unspecified atom stereocenters. The average Bonchev–Trinajstić information content (AvgIpc) is 2.70. The second-order valence-corrected chi connectivity index (χ2v) is 5.71. The van der Waals surface area contributed by atoms with Crippen molar-refractivity contribution in [2.45, 2.75) is 20.4 Å². The van der Waals surface area contributed by atoms with E-state index in [9.17, 15) is 9.59 Å². The number of ether oxygens (including phenoxy) is 3. The first-order valence-corrected chi connectivity index (χ1v) is 9.01. The molecule has 0 bridgehead atoms. The zero-order chi connectivity index (χ0) is 21.2. The van der Waals surface area contributed by atoms with Crippen LogP contribution in [-0.2, 0) is 16.0 Å². The molecule has 0 aliphatic carbocycles. The van der Waals surface area contributed by atoms with Crippen LogP contribution in [0, 0.1) is 0 Å². The second kappa shape index (κ2) is 10.6. The van der Waals surface area contributed by atoms with Crippen LogP contribution in [0.25, 0.3) is 0 Å². The molecule has 0 aliphatic heterocycles. The number of carbonyl (C=O) groups is 2. The SMILES string of the molecule is CCOC(=O)Nc1cc(NC(=O)OCC)c(NCc2ccc(OC)cc2)nc1N. The maximum absolute atomic E-state index is 11.9. The summed E-state index contributed by atoms with van der Waals surface area (Å²) < 4.78 is 14.9. The monoisotopic (exact) mass is 403 g/mol. The number of amides is 2. The number of benzene rings is 1. The third kappa shape index (κ3) is 6.45. The zero-order valence-electron chi connectivity index (χ0n) is 16.6. The van der Waals surface area contributed by atoms with Gasteiger partial charge in [-0.25, -0.2) is 14.6 Å². The minimum Gasteiger partial charge on any atom is -0.497 e. The number of methoxy groups -OCH3 is 1. The van der Waals surface area contributed by atoms with Crippen LogP contribution in [0.5, 0.6) is 5.75 Å². The lowest BCUT2D eigenvalue weighted by Gasteiger charge is -2.16. The Kier molecular flexibility index (Phi) is 7.89. The van der Waals surface area contributed by atoms with Crippen molar-refractivity contribution in [1.82, 2.24) is 4.98 Å². The largest absolute Gasteiger partial charge is 0.497 e. The van der Waals surface area contributed by atoms with Gasteiger partial charge >= 0.3 is 12.2 Å². The van der Waals surface area contributed by atoms with Crippen molar-refractivity contribution < 1.29 is 23.8 Å². The van der Waals surface area contributed by atoms with Crippen molar-refractivity contribution in [1.29, 1.82) is 0 Å². The summed E-state index contributed by atoms with van der Waals surface area (Å²) in [5.41, 5.74) is 7.40. The molecule has 0 radical (unpaired) electrons. The number of aromatic nitrogens is 1. The summed E-state index contributed by atoms with van der Waals surface area (Å²) in [6, 6.07) is 8.94. The maximum atomic E-state index is 11.9. The molecule has 0 aliphatic rings. The molecule has 2 amide bonds. The van der Waals surface area contributed by atoms with Crippen molar-refractivity contribution in [2.24, 2.45) is 0 Å². The molecule has 0 spiro atoms. The average molecular weight is 403 g/mol. The number of pyridine rings is 1. The third-order valence-corrected chi connectivity index (χ3v) is 3.70. The quantitative estimate of drug-likeness (QED) is 0.526. The molecule has 10 nitrogen and oxygen atoms in total.